The molecule has 3 saturated carbocycles. The Morgan fingerprint density at radius 3 is 2.00 bits per heavy atom. The van der Waals surface area contributed by atoms with Crippen molar-refractivity contribution in [1.29, 1.82) is 0 Å². The van der Waals surface area contributed by atoms with Gasteiger partial charge in [0.05, 0.1) is 0 Å². The minimum Gasteiger partial charge on any atom is -0.353 e. The van der Waals surface area contributed by atoms with Crippen LogP contribution in [0.4, 0.5) is 0 Å². The van der Waals surface area contributed by atoms with Crippen LogP contribution in [0.25, 0.3) is 0 Å². The van der Waals surface area contributed by atoms with Crippen LogP contribution in [-0.2, 0) is 9.47 Å². The molecule has 2 nitrogen and oxygen atoms in total. The SMILES string of the molecule is CCOC(OCC)C1CC2CC(C(C)C)C1CC2C. The molecule has 3 aliphatic rings. The highest BCUT2D eigenvalue weighted by atomic mass is 16.7. The zero-order valence-electron chi connectivity index (χ0n) is 13.4. The van der Waals surface area contributed by atoms with Gasteiger partial charge >= 0.3 is 0 Å². The molecule has 5 unspecified atom stereocenters. The average Bonchev–Trinajstić information content (AvgIpc) is 2.38. The van der Waals surface area contributed by atoms with Crippen LogP contribution < -0.4 is 0 Å². The van der Waals surface area contributed by atoms with E-state index in [0.29, 0.717) is 5.92 Å². The van der Waals surface area contributed by atoms with Crippen molar-refractivity contribution in [2.45, 2.75) is 60.2 Å². The largest absolute Gasteiger partial charge is 0.353 e. The van der Waals surface area contributed by atoms with Gasteiger partial charge in [0.25, 0.3) is 0 Å². The Kier molecular flexibility index (Phi) is 5.30. The van der Waals surface area contributed by atoms with Gasteiger partial charge in [-0.1, -0.05) is 20.8 Å². The third-order valence-corrected chi connectivity index (χ3v) is 5.57. The van der Waals surface area contributed by atoms with E-state index in [-0.39, 0.29) is 6.29 Å². The van der Waals surface area contributed by atoms with E-state index in [1.165, 1.54) is 19.3 Å². The lowest BCUT2D eigenvalue weighted by molar-refractivity contribution is -0.209. The number of fused-ring (bicyclic) bond motifs is 3. The van der Waals surface area contributed by atoms with Gasteiger partial charge in [-0.15, -0.1) is 0 Å². The van der Waals surface area contributed by atoms with Crippen molar-refractivity contribution < 1.29 is 9.47 Å². The highest BCUT2D eigenvalue weighted by molar-refractivity contribution is 4.96. The second-order valence-electron chi connectivity index (χ2n) is 6.96. The zero-order chi connectivity index (χ0) is 14.0. The first-order chi connectivity index (χ1) is 9.08. The van der Waals surface area contributed by atoms with Crippen LogP contribution in [0.1, 0.15) is 53.9 Å². The minimum atomic E-state index is 0.0385. The van der Waals surface area contributed by atoms with Crippen molar-refractivity contribution in [2.75, 3.05) is 13.2 Å². The number of hydrogen-bond donors (Lipinski definition) is 0. The molecule has 112 valence electrons. The van der Waals surface area contributed by atoms with E-state index in [9.17, 15) is 0 Å². The summed E-state index contributed by atoms with van der Waals surface area (Å²) in [6.07, 6.45) is 4.18. The Bertz CT molecular complexity index is 270. The summed E-state index contributed by atoms with van der Waals surface area (Å²) in [7, 11) is 0. The van der Waals surface area contributed by atoms with Crippen LogP contribution >= 0.6 is 0 Å². The topological polar surface area (TPSA) is 18.5 Å². The molecule has 0 heterocycles. The van der Waals surface area contributed by atoms with E-state index in [1.807, 2.05) is 0 Å². The summed E-state index contributed by atoms with van der Waals surface area (Å²) in [6.45, 7) is 12.9. The molecule has 0 aromatic rings. The smallest absolute Gasteiger partial charge is 0.160 e. The molecule has 0 radical (unpaired) electrons. The van der Waals surface area contributed by atoms with E-state index in [0.717, 1.165) is 42.8 Å². The third kappa shape index (κ3) is 3.16. The second-order valence-corrected chi connectivity index (χ2v) is 6.96. The molecule has 19 heavy (non-hydrogen) atoms. The molecular formula is C17H32O2. The maximum atomic E-state index is 5.92. The fourth-order valence-electron chi connectivity index (χ4n) is 4.60. The van der Waals surface area contributed by atoms with Gasteiger partial charge in [0, 0.05) is 19.1 Å². The van der Waals surface area contributed by atoms with Crippen molar-refractivity contribution in [3.8, 4) is 0 Å². The molecule has 0 spiro atoms. The lowest BCUT2D eigenvalue weighted by atomic mass is 9.53. The molecule has 0 N–H and O–H groups in total. The monoisotopic (exact) mass is 268 g/mol. The summed E-state index contributed by atoms with van der Waals surface area (Å²) in [5.41, 5.74) is 0. The molecule has 0 aromatic heterocycles. The summed E-state index contributed by atoms with van der Waals surface area (Å²) in [5.74, 6) is 4.91. The lowest BCUT2D eigenvalue weighted by Gasteiger charge is -2.53. The summed E-state index contributed by atoms with van der Waals surface area (Å²) in [4.78, 5) is 0. The summed E-state index contributed by atoms with van der Waals surface area (Å²) in [6, 6.07) is 0. The molecule has 3 rings (SSSR count). The number of rotatable bonds is 6. The van der Waals surface area contributed by atoms with E-state index in [2.05, 4.69) is 34.6 Å². The quantitative estimate of drug-likeness (QED) is 0.667. The second kappa shape index (κ2) is 6.58. The van der Waals surface area contributed by atoms with E-state index >= 15 is 0 Å². The summed E-state index contributed by atoms with van der Waals surface area (Å²) >= 11 is 0. The normalized spacial score (nSPS) is 38.4. The molecule has 0 saturated heterocycles. The Hall–Kier alpha value is -0.0800. The van der Waals surface area contributed by atoms with Gasteiger partial charge in [0.1, 0.15) is 0 Å². The standard InChI is InChI=1S/C17H32O2/c1-6-18-17(19-7-2)16-10-13-9-14(11(3)4)15(16)8-12(13)5/h11-17H,6-10H2,1-5H3. The molecule has 0 amide bonds. The van der Waals surface area contributed by atoms with Crippen molar-refractivity contribution in [3.63, 3.8) is 0 Å². The first-order valence-corrected chi connectivity index (χ1v) is 8.31. The molecule has 0 aliphatic heterocycles. The predicted molar refractivity (Wildman–Crippen MR) is 78.9 cm³/mol. The Morgan fingerprint density at radius 1 is 0.947 bits per heavy atom. The van der Waals surface area contributed by atoms with Gasteiger partial charge in [-0.05, 0) is 62.7 Å². The third-order valence-electron chi connectivity index (χ3n) is 5.57. The van der Waals surface area contributed by atoms with Crippen molar-refractivity contribution >= 4 is 0 Å². The van der Waals surface area contributed by atoms with Gasteiger partial charge in [0.2, 0.25) is 0 Å². The number of hydrogen-bond acceptors (Lipinski definition) is 2. The molecular weight excluding hydrogens is 236 g/mol. The fourth-order valence-corrected chi connectivity index (χ4v) is 4.60. The Balaban J connectivity index is 2.12. The Labute approximate surface area is 119 Å². The van der Waals surface area contributed by atoms with Crippen molar-refractivity contribution in [2.24, 2.45) is 35.5 Å². The van der Waals surface area contributed by atoms with Crippen LogP contribution in [-0.4, -0.2) is 19.5 Å². The van der Waals surface area contributed by atoms with Crippen LogP contribution in [0.2, 0.25) is 0 Å². The molecule has 3 fully saturated rings. The van der Waals surface area contributed by atoms with Gasteiger partial charge < -0.3 is 9.47 Å². The number of ether oxygens (including phenoxy) is 2. The minimum absolute atomic E-state index is 0.0385. The van der Waals surface area contributed by atoms with Crippen LogP contribution in [0.3, 0.4) is 0 Å². The van der Waals surface area contributed by atoms with Gasteiger partial charge in [-0.2, -0.15) is 0 Å². The van der Waals surface area contributed by atoms with E-state index < -0.39 is 0 Å². The maximum Gasteiger partial charge on any atom is 0.160 e. The first kappa shape index (κ1) is 15.3. The summed E-state index contributed by atoms with van der Waals surface area (Å²) < 4.78 is 11.8. The molecule has 0 aromatic carbocycles. The molecule has 2 bridgehead atoms. The van der Waals surface area contributed by atoms with Crippen LogP contribution in [0.5, 0.6) is 0 Å². The van der Waals surface area contributed by atoms with Crippen LogP contribution in [0.15, 0.2) is 0 Å². The Morgan fingerprint density at radius 2 is 1.53 bits per heavy atom. The van der Waals surface area contributed by atoms with Gasteiger partial charge in [-0.3, -0.25) is 0 Å². The maximum absolute atomic E-state index is 5.92. The van der Waals surface area contributed by atoms with Crippen molar-refractivity contribution in [1.82, 2.24) is 0 Å². The molecule has 2 heteroatoms. The molecule has 3 aliphatic carbocycles. The predicted octanol–water partition coefficient (Wildman–Crippen LogP) is 4.34. The van der Waals surface area contributed by atoms with Crippen LogP contribution in [0, 0.1) is 35.5 Å². The van der Waals surface area contributed by atoms with Gasteiger partial charge in [-0.25, -0.2) is 0 Å². The fraction of sp³-hybridized carbons (Fsp3) is 1.00. The van der Waals surface area contributed by atoms with Gasteiger partial charge in [0.15, 0.2) is 6.29 Å². The van der Waals surface area contributed by atoms with E-state index in [4.69, 9.17) is 9.47 Å². The first-order valence-electron chi connectivity index (χ1n) is 8.31. The zero-order valence-corrected chi connectivity index (χ0v) is 13.4. The highest BCUT2D eigenvalue weighted by Gasteiger charge is 2.49. The highest BCUT2D eigenvalue weighted by Crippen LogP contribution is 2.54. The van der Waals surface area contributed by atoms with Crippen molar-refractivity contribution in [3.05, 3.63) is 0 Å². The molecule has 5 atom stereocenters. The lowest BCUT2D eigenvalue weighted by Crippen LogP contribution is -2.49. The van der Waals surface area contributed by atoms with E-state index in [1.54, 1.807) is 0 Å². The average molecular weight is 268 g/mol. The summed E-state index contributed by atoms with van der Waals surface area (Å²) in [5, 5.41) is 0.